The van der Waals surface area contributed by atoms with Crippen LogP contribution in [0.1, 0.15) is 56.0 Å². The molecule has 0 aliphatic heterocycles. The van der Waals surface area contributed by atoms with Gasteiger partial charge in [0.25, 0.3) is 0 Å². The smallest absolute Gasteiger partial charge is 0.337 e. The van der Waals surface area contributed by atoms with E-state index >= 15 is 0 Å². The molecule has 1 atom stereocenters. The van der Waals surface area contributed by atoms with Gasteiger partial charge in [0.2, 0.25) is 0 Å². The van der Waals surface area contributed by atoms with Crippen LogP contribution in [0.25, 0.3) is 6.08 Å². The average molecular weight is 481 g/mol. The molecule has 2 aromatic rings. The Hall–Kier alpha value is -2.83. The van der Waals surface area contributed by atoms with Gasteiger partial charge in [-0.15, -0.1) is 11.8 Å². The first kappa shape index (κ1) is 25.8. The number of para-hydroxylation sites is 1. The number of hydrogen-bond acceptors (Lipinski definition) is 6. The second-order valence-electron chi connectivity index (χ2n) is 9.27. The summed E-state index contributed by atoms with van der Waals surface area (Å²) in [6.45, 7) is 6.66. The summed E-state index contributed by atoms with van der Waals surface area (Å²) in [5.41, 5.74) is 0.169. The molecule has 0 saturated heterocycles. The molecule has 0 saturated carbocycles. The number of ether oxygens (including phenoxy) is 2. The van der Waals surface area contributed by atoms with Gasteiger partial charge in [-0.3, -0.25) is 4.79 Å². The van der Waals surface area contributed by atoms with Crippen molar-refractivity contribution in [3.8, 4) is 5.75 Å². The maximum atomic E-state index is 13.3. The number of benzene rings is 2. The van der Waals surface area contributed by atoms with Crippen molar-refractivity contribution >= 4 is 29.6 Å². The summed E-state index contributed by atoms with van der Waals surface area (Å²) >= 11 is 1.46. The predicted molar refractivity (Wildman–Crippen MR) is 137 cm³/mol. The highest BCUT2D eigenvalue weighted by atomic mass is 32.2. The number of ketones is 1. The first-order valence-corrected chi connectivity index (χ1v) is 12.2. The molecule has 1 unspecified atom stereocenters. The largest absolute Gasteiger partial charge is 0.494 e. The summed E-state index contributed by atoms with van der Waals surface area (Å²) in [4.78, 5) is 25.6. The molecule has 6 heteroatoms. The number of carbonyl (C=O) groups excluding carboxylic acids is 2. The van der Waals surface area contributed by atoms with Crippen molar-refractivity contribution < 1.29 is 24.2 Å². The van der Waals surface area contributed by atoms with Gasteiger partial charge in [0.1, 0.15) is 11.4 Å². The van der Waals surface area contributed by atoms with Gasteiger partial charge in [-0.2, -0.15) is 0 Å². The number of methoxy groups -OCH3 is 1. The Kier molecular flexibility index (Phi) is 8.39. The molecule has 0 spiro atoms. The number of unbranched alkanes of at least 4 members (excludes halogenated alkanes) is 1. The van der Waals surface area contributed by atoms with Gasteiger partial charge in [-0.1, -0.05) is 51.1 Å². The number of rotatable bonds is 9. The number of thioether (sulfide) groups is 1. The van der Waals surface area contributed by atoms with E-state index in [1.54, 1.807) is 36.4 Å². The van der Waals surface area contributed by atoms with E-state index in [-0.39, 0.29) is 10.5 Å². The maximum absolute atomic E-state index is 13.3. The molecule has 180 valence electrons. The van der Waals surface area contributed by atoms with Gasteiger partial charge >= 0.3 is 5.97 Å². The minimum Gasteiger partial charge on any atom is -0.494 e. The Balaban J connectivity index is 1.75. The Morgan fingerprint density at radius 3 is 2.35 bits per heavy atom. The minimum absolute atomic E-state index is 0.153. The highest BCUT2D eigenvalue weighted by Crippen LogP contribution is 2.44. The third kappa shape index (κ3) is 6.84. The normalized spacial score (nSPS) is 19.3. The minimum atomic E-state index is -1.35. The lowest BCUT2D eigenvalue weighted by molar-refractivity contribution is -0.112. The van der Waals surface area contributed by atoms with E-state index in [9.17, 15) is 14.7 Å². The van der Waals surface area contributed by atoms with E-state index in [1.165, 1.54) is 18.9 Å². The molecule has 0 aromatic heterocycles. The van der Waals surface area contributed by atoms with Gasteiger partial charge < -0.3 is 14.6 Å². The molecule has 5 nitrogen and oxygen atoms in total. The highest BCUT2D eigenvalue weighted by Gasteiger charge is 2.42. The van der Waals surface area contributed by atoms with Crippen LogP contribution in [-0.2, 0) is 9.53 Å². The van der Waals surface area contributed by atoms with E-state index in [4.69, 9.17) is 9.47 Å². The van der Waals surface area contributed by atoms with Gasteiger partial charge in [0.15, 0.2) is 5.78 Å². The van der Waals surface area contributed by atoms with Gasteiger partial charge in [-0.05, 0) is 61.2 Å². The van der Waals surface area contributed by atoms with Crippen LogP contribution in [0.2, 0.25) is 0 Å². The molecule has 0 bridgehead atoms. The summed E-state index contributed by atoms with van der Waals surface area (Å²) in [6.07, 6.45) is 5.28. The standard InChI is InChI=1S/C28H32O5S/c1-27(2,3)34-24-19-28(31,16-8-9-17-33-22-10-6-5-7-11-22)23(25(24)29)18-20-12-14-21(15-13-20)26(30)32-4/h5-7,10-15,18-19,31H,8-9,16-17H2,1-4H3/b23-18-. The Morgan fingerprint density at radius 2 is 1.74 bits per heavy atom. The summed E-state index contributed by atoms with van der Waals surface area (Å²) in [6, 6.07) is 16.4. The fourth-order valence-corrected chi connectivity index (χ4v) is 4.81. The third-order valence-corrected chi connectivity index (χ3v) is 6.46. The van der Waals surface area contributed by atoms with E-state index in [2.05, 4.69) is 0 Å². The molecule has 1 N–H and O–H groups in total. The first-order chi connectivity index (χ1) is 16.1. The van der Waals surface area contributed by atoms with Crippen LogP contribution in [0.5, 0.6) is 5.75 Å². The topological polar surface area (TPSA) is 72.8 Å². The molecule has 3 rings (SSSR count). The van der Waals surface area contributed by atoms with Crippen LogP contribution >= 0.6 is 11.8 Å². The maximum Gasteiger partial charge on any atom is 0.337 e. The van der Waals surface area contributed by atoms with Crippen molar-refractivity contribution in [1.82, 2.24) is 0 Å². The number of Topliss-reactive ketones (excluding diaryl/α,β-unsaturated/α-hetero) is 1. The fourth-order valence-electron chi connectivity index (χ4n) is 3.70. The average Bonchev–Trinajstić information content (AvgIpc) is 3.02. The Bertz CT molecular complexity index is 1060. The zero-order valence-corrected chi connectivity index (χ0v) is 21.0. The molecular formula is C28H32O5S. The van der Waals surface area contributed by atoms with Crippen molar-refractivity contribution in [2.24, 2.45) is 0 Å². The zero-order chi connectivity index (χ0) is 24.8. The fraction of sp³-hybridized carbons (Fsp3) is 0.357. The second-order valence-corrected chi connectivity index (χ2v) is 11.1. The number of hydrogen-bond donors (Lipinski definition) is 1. The SMILES string of the molecule is COC(=O)c1ccc(/C=C2/C(=O)C(SC(C)(C)C)=CC2(O)CCCCOc2ccccc2)cc1. The van der Waals surface area contributed by atoms with Crippen molar-refractivity contribution in [3.63, 3.8) is 0 Å². The van der Waals surface area contributed by atoms with Crippen LogP contribution in [-0.4, -0.2) is 40.9 Å². The molecule has 0 amide bonds. The van der Waals surface area contributed by atoms with Crippen molar-refractivity contribution in [1.29, 1.82) is 0 Å². The lowest BCUT2D eigenvalue weighted by Crippen LogP contribution is -2.28. The number of esters is 1. The van der Waals surface area contributed by atoms with Gasteiger partial charge in [0, 0.05) is 10.3 Å². The van der Waals surface area contributed by atoms with E-state index in [0.717, 1.165) is 17.7 Å². The molecular weight excluding hydrogens is 448 g/mol. The Morgan fingerprint density at radius 1 is 1.06 bits per heavy atom. The van der Waals surface area contributed by atoms with Crippen LogP contribution in [0.15, 0.2) is 71.2 Å². The highest BCUT2D eigenvalue weighted by molar-refractivity contribution is 8.05. The predicted octanol–water partition coefficient (Wildman–Crippen LogP) is 5.84. The number of carbonyl (C=O) groups is 2. The lowest BCUT2D eigenvalue weighted by atomic mass is 9.89. The second kappa shape index (κ2) is 11.1. The summed E-state index contributed by atoms with van der Waals surface area (Å²) in [5, 5.41) is 11.6. The van der Waals surface area contributed by atoms with Crippen LogP contribution in [0.3, 0.4) is 0 Å². The molecule has 2 aromatic carbocycles. The molecule has 1 aliphatic carbocycles. The van der Waals surface area contributed by atoms with E-state index < -0.39 is 11.6 Å². The van der Waals surface area contributed by atoms with Crippen LogP contribution in [0.4, 0.5) is 0 Å². The van der Waals surface area contributed by atoms with Gasteiger partial charge in [-0.25, -0.2) is 4.79 Å². The number of allylic oxidation sites excluding steroid dienone is 1. The summed E-state index contributed by atoms with van der Waals surface area (Å²) in [5.74, 6) is 0.243. The quantitative estimate of drug-likeness (QED) is 0.276. The van der Waals surface area contributed by atoms with Gasteiger partial charge in [0.05, 0.1) is 24.2 Å². The first-order valence-electron chi connectivity index (χ1n) is 11.4. The van der Waals surface area contributed by atoms with Crippen LogP contribution in [0, 0.1) is 0 Å². The van der Waals surface area contributed by atoms with Crippen molar-refractivity contribution in [2.45, 2.75) is 50.4 Å². The molecule has 1 aliphatic rings. The summed E-state index contributed by atoms with van der Waals surface area (Å²) < 4.78 is 10.3. The third-order valence-electron chi connectivity index (χ3n) is 5.33. The van der Waals surface area contributed by atoms with Crippen LogP contribution < -0.4 is 4.74 Å². The molecule has 0 radical (unpaired) electrons. The Labute approximate surface area is 205 Å². The molecule has 34 heavy (non-hydrogen) atoms. The van der Waals surface area contributed by atoms with E-state index in [1.807, 2.05) is 51.1 Å². The zero-order valence-electron chi connectivity index (χ0n) is 20.2. The number of aliphatic hydroxyl groups is 1. The lowest BCUT2D eigenvalue weighted by Gasteiger charge is -2.22. The van der Waals surface area contributed by atoms with E-state index in [0.29, 0.717) is 35.5 Å². The van der Waals surface area contributed by atoms with Crippen molar-refractivity contribution in [2.75, 3.05) is 13.7 Å². The molecule has 0 heterocycles. The summed E-state index contributed by atoms with van der Waals surface area (Å²) in [7, 11) is 1.33. The monoisotopic (exact) mass is 480 g/mol. The van der Waals surface area contributed by atoms with Crippen molar-refractivity contribution in [3.05, 3.63) is 82.3 Å². The molecule has 0 fully saturated rings.